The van der Waals surface area contributed by atoms with Crippen LogP contribution in [0.25, 0.3) is 10.9 Å². The molecular weight excluding hydrogens is 230 g/mol. The number of benzene rings is 1. The van der Waals surface area contributed by atoms with E-state index in [0.29, 0.717) is 6.61 Å². The van der Waals surface area contributed by atoms with Crippen molar-refractivity contribution in [3.63, 3.8) is 0 Å². The molecule has 1 atom stereocenters. The summed E-state index contributed by atoms with van der Waals surface area (Å²) in [6.07, 6.45) is 1.01. The molecule has 94 valence electrons. The van der Waals surface area contributed by atoms with Crippen LogP contribution in [-0.2, 0) is 14.3 Å². The number of nitrogens with zero attached hydrogens (tertiary/aromatic N) is 1. The van der Waals surface area contributed by atoms with Gasteiger partial charge in [-0.15, -0.1) is 0 Å². The predicted octanol–water partition coefficient (Wildman–Crippen LogP) is 2.49. The number of aromatic nitrogens is 1. The lowest BCUT2D eigenvalue weighted by molar-refractivity contribution is -0.155. The second-order valence-corrected chi connectivity index (χ2v) is 3.79. The topological polar surface area (TPSA) is 48.4 Å². The normalized spacial score (nSPS) is 12.3. The van der Waals surface area contributed by atoms with Gasteiger partial charge in [-0.25, -0.2) is 4.79 Å². The number of ether oxygens (including phenoxy) is 2. The first-order valence-corrected chi connectivity index (χ1v) is 5.81. The fourth-order valence-electron chi connectivity index (χ4n) is 1.92. The smallest absolute Gasteiger partial charge is 0.339 e. The van der Waals surface area contributed by atoms with E-state index in [4.69, 9.17) is 9.47 Å². The summed E-state index contributed by atoms with van der Waals surface area (Å²) < 4.78 is 10.3. The molecule has 0 amide bonds. The van der Waals surface area contributed by atoms with Crippen molar-refractivity contribution in [3.05, 3.63) is 42.1 Å². The van der Waals surface area contributed by atoms with Gasteiger partial charge < -0.3 is 9.47 Å². The van der Waals surface area contributed by atoms with E-state index < -0.39 is 6.10 Å². The molecule has 4 heteroatoms. The van der Waals surface area contributed by atoms with Crippen molar-refractivity contribution in [1.29, 1.82) is 0 Å². The highest BCUT2D eigenvalue weighted by Gasteiger charge is 2.23. The molecule has 0 radical (unpaired) electrons. The number of pyridine rings is 1. The Bertz CT molecular complexity index is 548. The molecule has 2 rings (SSSR count). The molecule has 2 aromatic rings. The number of carbonyl (C=O) groups excluding carboxylic acids is 1. The van der Waals surface area contributed by atoms with Gasteiger partial charge in [0.05, 0.1) is 12.1 Å². The first-order chi connectivity index (χ1) is 8.77. The first-order valence-electron chi connectivity index (χ1n) is 5.81. The molecule has 0 spiro atoms. The van der Waals surface area contributed by atoms with Crippen LogP contribution in [0, 0.1) is 0 Å². The summed E-state index contributed by atoms with van der Waals surface area (Å²) in [6, 6.07) is 9.37. The molecule has 0 N–H and O–H groups in total. The van der Waals surface area contributed by atoms with Gasteiger partial charge >= 0.3 is 5.97 Å². The lowest BCUT2D eigenvalue weighted by Crippen LogP contribution is -2.18. The maximum absolute atomic E-state index is 11.9. The molecule has 1 unspecified atom stereocenters. The lowest BCUT2D eigenvalue weighted by Gasteiger charge is -2.15. The van der Waals surface area contributed by atoms with Crippen molar-refractivity contribution in [3.8, 4) is 0 Å². The molecule has 0 aliphatic rings. The zero-order chi connectivity index (χ0) is 13.0. The number of carbonyl (C=O) groups is 1. The standard InChI is InChI=1S/C14H15NO3/c1-3-18-14(16)13(17-2)11-6-4-8-12-10(11)7-5-9-15-12/h4-9,13H,3H2,1-2H3. The first kappa shape index (κ1) is 12.5. The highest BCUT2D eigenvalue weighted by molar-refractivity contribution is 5.88. The highest BCUT2D eigenvalue weighted by atomic mass is 16.6. The summed E-state index contributed by atoms with van der Waals surface area (Å²) in [5.41, 5.74) is 1.61. The van der Waals surface area contributed by atoms with E-state index in [1.54, 1.807) is 13.1 Å². The summed E-state index contributed by atoms with van der Waals surface area (Å²) in [7, 11) is 1.50. The van der Waals surface area contributed by atoms with E-state index in [0.717, 1.165) is 16.5 Å². The maximum atomic E-state index is 11.9. The van der Waals surface area contributed by atoms with Crippen molar-refractivity contribution in [2.75, 3.05) is 13.7 Å². The van der Waals surface area contributed by atoms with Crippen molar-refractivity contribution in [2.45, 2.75) is 13.0 Å². The van der Waals surface area contributed by atoms with Gasteiger partial charge in [-0.05, 0) is 19.1 Å². The van der Waals surface area contributed by atoms with Gasteiger partial charge in [-0.1, -0.05) is 18.2 Å². The molecule has 0 bridgehead atoms. The molecule has 1 aromatic carbocycles. The molecule has 18 heavy (non-hydrogen) atoms. The average molecular weight is 245 g/mol. The van der Waals surface area contributed by atoms with Gasteiger partial charge in [0.2, 0.25) is 0 Å². The van der Waals surface area contributed by atoms with Crippen LogP contribution in [0.15, 0.2) is 36.5 Å². The maximum Gasteiger partial charge on any atom is 0.339 e. The Kier molecular flexibility index (Phi) is 3.89. The second kappa shape index (κ2) is 5.60. The lowest BCUT2D eigenvalue weighted by atomic mass is 10.0. The fraction of sp³-hybridized carbons (Fsp3) is 0.286. The summed E-state index contributed by atoms with van der Waals surface area (Å²) in [5, 5.41) is 0.903. The zero-order valence-electron chi connectivity index (χ0n) is 10.4. The number of hydrogen-bond donors (Lipinski definition) is 0. The van der Waals surface area contributed by atoms with Crippen LogP contribution in [0.2, 0.25) is 0 Å². The van der Waals surface area contributed by atoms with Crippen molar-refractivity contribution in [1.82, 2.24) is 4.98 Å². The van der Waals surface area contributed by atoms with Crippen molar-refractivity contribution < 1.29 is 14.3 Å². The van der Waals surface area contributed by atoms with Crippen LogP contribution in [0.1, 0.15) is 18.6 Å². The molecule has 0 fully saturated rings. The number of esters is 1. The largest absolute Gasteiger partial charge is 0.464 e. The number of rotatable bonds is 4. The van der Waals surface area contributed by atoms with Gasteiger partial charge in [0.25, 0.3) is 0 Å². The Morgan fingerprint density at radius 1 is 1.33 bits per heavy atom. The Morgan fingerprint density at radius 2 is 2.17 bits per heavy atom. The fourth-order valence-corrected chi connectivity index (χ4v) is 1.92. The van der Waals surface area contributed by atoms with E-state index in [1.807, 2.05) is 30.3 Å². The van der Waals surface area contributed by atoms with Crippen LogP contribution in [0.5, 0.6) is 0 Å². The summed E-state index contributed by atoms with van der Waals surface area (Å²) in [6.45, 7) is 2.11. The minimum absolute atomic E-state index is 0.335. The van der Waals surface area contributed by atoms with Crippen LogP contribution in [-0.4, -0.2) is 24.7 Å². The zero-order valence-corrected chi connectivity index (χ0v) is 10.4. The Labute approximate surface area is 106 Å². The van der Waals surface area contributed by atoms with Gasteiger partial charge in [0.15, 0.2) is 6.10 Å². The van der Waals surface area contributed by atoms with Gasteiger partial charge in [0.1, 0.15) is 0 Å². The Balaban J connectivity index is 2.48. The molecule has 4 nitrogen and oxygen atoms in total. The third-order valence-corrected chi connectivity index (χ3v) is 2.70. The van der Waals surface area contributed by atoms with E-state index in [9.17, 15) is 4.79 Å². The van der Waals surface area contributed by atoms with E-state index >= 15 is 0 Å². The molecule has 0 saturated carbocycles. The number of fused-ring (bicyclic) bond motifs is 1. The SMILES string of the molecule is CCOC(=O)C(OC)c1cccc2ncccc12. The van der Waals surface area contributed by atoms with E-state index in [2.05, 4.69) is 4.98 Å². The summed E-state index contributed by atoms with van der Waals surface area (Å²) in [5.74, 6) is -0.378. The van der Waals surface area contributed by atoms with Gasteiger partial charge in [-0.2, -0.15) is 0 Å². The molecule has 1 heterocycles. The van der Waals surface area contributed by atoms with Gasteiger partial charge in [-0.3, -0.25) is 4.98 Å². The molecule has 0 aliphatic carbocycles. The third kappa shape index (κ3) is 2.33. The molecule has 0 saturated heterocycles. The number of methoxy groups -OCH3 is 1. The van der Waals surface area contributed by atoms with Crippen LogP contribution >= 0.6 is 0 Å². The van der Waals surface area contributed by atoms with E-state index in [-0.39, 0.29) is 5.97 Å². The number of hydrogen-bond acceptors (Lipinski definition) is 4. The monoisotopic (exact) mass is 245 g/mol. The quantitative estimate of drug-likeness (QED) is 0.776. The van der Waals surface area contributed by atoms with E-state index in [1.165, 1.54) is 7.11 Å². The Morgan fingerprint density at radius 3 is 2.89 bits per heavy atom. The van der Waals surface area contributed by atoms with Crippen LogP contribution in [0.3, 0.4) is 0 Å². The Hall–Kier alpha value is -1.94. The summed E-state index contributed by atoms with van der Waals surface area (Å²) in [4.78, 5) is 16.1. The molecule has 1 aromatic heterocycles. The second-order valence-electron chi connectivity index (χ2n) is 3.79. The third-order valence-electron chi connectivity index (χ3n) is 2.70. The minimum Gasteiger partial charge on any atom is -0.464 e. The predicted molar refractivity (Wildman–Crippen MR) is 68.1 cm³/mol. The molecular formula is C14H15NO3. The van der Waals surface area contributed by atoms with Crippen LogP contribution in [0.4, 0.5) is 0 Å². The highest BCUT2D eigenvalue weighted by Crippen LogP contribution is 2.26. The molecule has 0 aliphatic heterocycles. The average Bonchev–Trinajstić information content (AvgIpc) is 2.40. The minimum atomic E-state index is -0.710. The van der Waals surface area contributed by atoms with Gasteiger partial charge in [0, 0.05) is 24.3 Å². The summed E-state index contributed by atoms with van der Waals surface area (Å²) >= 11 is 0. The van der Waals surface area contributed by atoms with Crippen molar-refractivity contribution >= 4 is 16.9 Å². The van der Waals surface area contributed by atoms with Crippen molar-refractivity contribution in [2.24, 2.45) is 0 Å². The van der Waals surface area contributed by atoms with Crippen LogP contribution < -0.4 is 0 Å².